The Bertz CT molecular complexity index is 405. The van der Waals surface area contributed by atoms with Gasteiger partial charge in [0.15, 0.2) is 5.78 Å². The Morgan fingerprint density at radius 3 is 2.47 bits per heavy atom. The molecule has 2 nitrogen and oxygen atoms in total. The lowest BCUT2D eigenvalue weighted by Gasteiger charge is -2.52. The van der Waals surface area contributed by atoms with Crippen LogP contribution in [0.4, 0.5) is 0 Å². The monoisotopic (exact) mass is 264 g/mol. The minimum atomic E-state index is -0.779. The predicted octanol–water partition coefficient (Wildman–Crippen LogP) is 3.74. The summed E-state index contributed by atoms with van der Waals surface area (Å²) in [6, 6.07) is 0. The number of aliphatic hydroxyl groups is 1. The normalized spacial score (nSPS) is 42.7. The van der Waals surface area contributed by atoms with E-state index in [1.165, 1.54) is 17.6 Å². The smallest absolute Gasteiger partial charge is 0.165 e. The molecule has 0 amide bonds. The quantitative estimate of drug-likeness (QED) is 0.733. The number of aliphatic hydroxyl groups excluding tert-OH is 1. The zero-order chi connectivity index (χ0) is 14.4. The van der Waals surface area contributed by atoms with E-state index in [0.717, 1.165) is 19.3 Å². The molecule has 5 unspecified atom stereocenters. The van der Waals surface area contributed by atoms with Crippen molar-refractivity contribution in [3.63, 3.8) is 0 Å². The second-order valence-electron chi connectivity index (χ2n) is 7.23. The van der Waals surface area contributed by atoms with Gasteiger partial charge in [0.2, 0.25) is 0 Å². The van der Waals surface area contributed by atoms with Gasteiger partial charge in [-0.25, -0.2) is 0 Å². The van der Waals surface area contributed by atoms with E-state index >= 15 is 0 Å². The fourth-order valence-electron chi connectivity index (χ4n) is 4.19. The molecule has 0 heterocycles. The van der Waals surface area contributed by atoms with Crippen molar-refractivity contribution in [2.24, 2.45) is 23.2 Å². The highest BCUT2D eigenvalue weighted by Crippen LogP contribution is 2.54. The van der Waals surface area contributed by atoms with Crippen LogP contribution in [0, 0.1) is 23.2 Å². The number of hydrogen-bond acceptors (Lipinski definition) is 2. The van der Waals surface area contributed by atoms with Crippen molar-refractivity contribution in [3.8, 4) is 0 Å². The maximum atomic E-state index is 12.6. The van der Waals surface area contributed by atoms with E-state index in [4.69, 9.17) is 0 Å². The number of carbonyl (C=O) groups excluding carboxylic acids is 1. The summed E-state index contributed by atoms with van der Waals surface area (Å²) in [4.78, 5) is 12.6. The molecule has 5 atom stereocenters. The molecule has 0 aromatic rings. The predicted molar refractivity (Wildman–Crippen MR) is 77.8 cm³/mol. The molecule has 0 bridgehead atoms. The van der Waals surface area contributed by atoms with Crippen LogP contribution in [0.15, 0.2) is 11.1 Å². The van der Waals surface area contributed by atoms with E-state index in [0.29, 0.717) is 5.92 Å². The van der Waals surface area contributed by atoms with E-state index in [9.17, 15) is 9.90 Å². The lowest BCUT2D eigenvalue weighted by Crippen LogP contribution is -2.53. The fraction of sp³-hybridized carbons (Fsp3) is 0.824. The molecule has 108 valence electrons. The van der Waals surface area contributed by atoms with Crippen LogP contribution in [0.2, 0.25) is 0 Å². The van der Waals surface area contributed by atoms with Crippen molar-refractivity contribution in [3.05, 3.63) is 11.1 Å². The van der Waals surface area contributed by atoms with Gasteiger partial charge in [-0.1, -0.05) is 37.8 Å². The molecule has 2 fully saturated rings. The van der Waals surface area contributed by atoms with Crippen LogP contribution >= 0.6 is 0 Å². The third-order valence-corrected chi connectivity index (χ3v) is 6.07. The van der Waals surface area contributed by atoms with Crippen molar-refractivity contribution in [2.45, 2.75) is 66.4 Å². The molecule has 2 saturated carbocycles. The Morgan fingerprint density at radius 2 is 1.89 bits per heavy atom. The first kappa shape index (κ1) is 14.8. The van der Waals surface area contributed by atoms with Gasteiger partial charge in [-0.3, -0.25) is 4.79 Å². The highest BCUT2D eigenvalue weighted by atomic mass is 16.3. The summed E-state index contributed by atoms with van der Waals surface area (Å²) in [5, 5.41) is 10.4. The molecule has 2 aliphatic rings. The zero-order valence-corrected chi connectivity index (χ0v) is 13.0. The number of allylic oxidation sites excluding steroid dienone is 1. The second kappa shape index (κ2) is 5.05. The number of carbonyl (C=O) groups is 1. The molecule has 0 aromatic heterocycles. The van der Waals surface area contributed by atoms with Crippen LogP contribution in [-0.2, 0) is 4.79 Å². The molecule has 0 spiro atoms. The summed E-state index contributed by atoms with van der Waals surface area (Å²) in [5.41, 5.74) is 2.52. The third-order valence-electron chi connectivity index (χ3n) is 6.07. The highest BCUT2D eigenvalue weighted by Gasteiger charge is 2.53. The first-order valence-electron chi connectivity index (χ1n) is 7.64. The van der Waals surface area contributed by atoms with Crippen LogP contribution in [-0.4, -0.2) is 17.0 Å². The van der Waals surface area contributed by atoms with Crippen molar-refractivity contribution in [1.29, 1.82) is 0 Å². The summed E-state index contributed by atoms with van der Waals surface area (Å²) in [5.74, 6) is 0.785. The van der Waals surface area contributed by atoms with E-state index in [1.807, 2.05) is 0 Å². The SMILES string of the molecule is CC(C)=C(C)C1CC2(C)C(C)CCCC2C(=O)C1O. The van der Waals surface area contributed by atoms with Crippen molar-refractivity contribution in [2.75, 3.05) is 0 Å². The molecule has 2 rings (SSSR count). The number of fused-ring (bicyclic) bond motifs is 1. The van der Waals surface area contributed by atoms with Crippen LogP contribution < -0.4 is 0 Å². The van der Waals surface area contributed by atoms with Gasteiger partial charge in [0.1, 0.15) is 6.10 Å². The molecule has 2 aliphatic carbocycles. The maximum Gasteiger partial charge on any atom is 0.165 e. The molecule has 0 aromatic carbocycles. The molecule has 0 saturated heterocycles. The Kier molecular flexibility index (Phi) is 3.92. The average molecular weight is 264 g/mol. The molecule has 0 radical (unpaired) electrons. The maximum absolute atomic E-state index is 12.6. The first-order valence-corrected chi connectivity index (χ1v) is 7.64. The summed E-state index contributed by atoms with van der Waals surface area (Å²) < 4.78 is 0. The van der Waals surface area contributed by atoms with E-state index < -0.39 is 6.10 Å². The third kappa shape index (κ3) is 2.29. The largest absolute Gasteiger partial charge is 0.385 e. The van der Waals surface area contributed by atoms with E-state index in [-0.39, 0.29) is 23.0 Å². The Balaban J connectivity index is 2.37. The van der Waals surface area contributed by atoms with Crippen molar-refractivity contribution in [1.82, 2.24) is 0 Å². The fourth-order valence-corrected chi connectivity index (χ4v) is 4.19. The molecule has 1 N–H and O–H groups in total. The molecule has 19 heavy (non-hydrogen) atoms. The molecular weight excluding hydrogens is 236 g/mol. The lowest BCUT2D eigenvalue weighted by atomic mass is 9.52. The van der Waals surface area contributed by atoms with Crippen LogP contribution in [0.3, 0.4) is 0 Å². The molecule has 0 aliphatic heterocycles. The van der Waals surface area contributed by atoms with Crippen LogP contribution in [0.5, 0.6) is 0 Å². The summed E-state index contributed by atoms with van der Waals surface area (Å²) in [6.45, 7) is 10.8. The van der Waals surface area contributed by atoms with E-state index in [1.54, 1.807) is 0 Å². The van der Waals surface area contributed by atoms with Crippen molar-refractivity contribution < 1.29 is 9.90 Å². The van der Waals surface area contributed by atoms with Gasteiger partial charge in [0.25, 0.3) is 0 Å². The topological polar surface area (TPSA) is 37.3 Å². The first-order chi connectivity index (χ1) is 8.79. The lowest BCUT2D eigenvalue weighted by molar-refractivity contribution is -0.151. The number of hydrogen-bond donors (Lipinski definition) is 1. The Morgan fingerprint density at radius 1 is 1.26 bits per heavy atom. The number of Topliss-reactive ketones (excluding diaryl/α,β-unsaturated/α-hetero) is 1. The van der Waals surface area contributed by atoms with Gasteiger partial charge in [-0.05, 0) is 44.9 Å². The Labute approximate surface area is 117 Å². The van der Waals surface area contributed by atoms with Gasteiger partial charge in [-0.15, -0.1) is 0 Å². The van der Waals surface area contributed by atoms with Crippen LogP contribution in [0.25, 0.3) is 0 Å². The minimum Gasteiger partial charge on any atom is -0.385 e. The molecule has 2 heteroatoms. The average Bonchev–Trinajstić information content (AvgIpc) is 2.35. The number of ketones is 1. The number of rotatable bonds is 1. The second-order valence-corrected chi connectivity index (χ2v) is 7.23. The van der Waals surface area contributed by atoms with Gasteiger partial charge < -0.3 is 5.11 Å². The van der Waals surface area contributed by atoms with Gasteiger partial charge in [-0.2, -0.15) is 0 Å². The highest BCUT2D eigenvalue weighted by molar-refractivity contribution is 5.87. The van der Waals surface area contributed by atoms with Crippen molar-refractivity contribution >= 4 is 5.78 Å². The van der Waals surface area contributed by atoms with Gasteiger partial charge >= 0.3 is 0 Å². The standard InChI is InChI=1S/C17H28O2/c1-10(2)12(4)13-9-17(5)11(3)7-6-8-14(17)16(19)15(13)18/h11,13-15,18H,6-9H2,1-5H3. The van der Waals surface area contributed by atoms with Gasteiger partial charge in [0.05, 0.1) is 0 Å². The van der Waals surface area contributed by atoms with Crippen LogP contribution in [0.1, 0.15) is 60.3 Å². The minimum absolute atomic E-state index is 0.0271. The van der Waals surface area contributed by atoms with Gasteiger partial charge in [0, 0.05) is 11.8 Å². The zero-order valence-electron chi connectivity index (χ0n) is 13.0. The van der Waals surface area contributed by atoms with E-state index in [2.05, 4.69) is 34.6 Å². The summed E-state index contributed by atoms with van der Waals surface area (Å²) >= 11 is 0. The summed E-state index contributed by atoms with van der Waals surface area (Å²) in [7, 11) is 0. The Hall–Kier alpha value is -0.630. The summed E-state index contributed by atoms with van der Waals surface area (Å²) in [6.07, 6.45) is 3.50. The molecular formula is C17H28O2.